The monoisotopic (exact) mass is 328 g/mol. The van der Waals surface area contributed by atoms with E-state index < -0.39 is 5.97 Å². The van der Waals surface area contributed by atoms with E-state index in [9.17, 15) is 4.79 Å². The summed E-state index contributed by atoms with van der Waals surface area (Å²) in [5.41, 5.74) is 3.35. The third-order valence-corrected chi connectivity index (χ3v) is 3.87. The van der Waals surface area contributed by atoms with E-state index in [0.717, 1.165) is 22.4 Å². The Labute approximate surface area is 143 Å². The van der Waals surface area contributed by atoms with Crippen LogP contribution in [-0.4, -0.2) is 20.2 Å². The summed E-state index contributed by atoms with van der Waals surface area (Å²) < 4.78 is 16.3. The summed E-state index contributed by atoms with van der Waals surface area (Å²) in [6.45, 7) is 8.05. The van der Waals surface area contributed by atoms with E-state index in [1.54, 1.807) is 13.2 Å². The first-order chi connectivity index (χ1) is 11.4. The topological polar surface area (TPSA) is 44.8 Å². The Morgan fingerprint density at radius 3 is 2.33 bits per heavy atom. The molecule has 0 saturated heterocycles. The van der Waals surface area contributed by atoms with Crippen molar-refractivity contribution in [1.29, 1.82) is 0 Å². The van der Waals surface area contributed by atoms with Crippen LogP contribution in [0, 0.1) is 13.8 Å². The summed E-state index contributed by atoms with van der Waals surface area (Å²) in [5.74, 6) is 1.90. The Morgan fingerprint density at radius 2 is 1.75 bits per heavy atom. The van der Waals surface area contributed by atoms with Crippen LogP contribution in [0.15, 0.2) is 30.3 Å². The second kappa shape index (κ2) is 7.39. The molecule has 128 valence electrons. The van der Waals surface area contributed by atoms with Gasteiger partial charge in [0, 0.05) is 5.56 Å². The number of carbonyl (C=O) groups excluding carboxylic acids is 1. The second-order valence-electron chi connectivity index (χ2n) is 6.11. The van der Waals surface area contributed by atoms with Gasteiger partial charge < -0.3 is 14.2 Å². The van der Waals surface area contributed by atoms with Gasteiger partial charge in [-0.25, -0.2) is 4.79 Å². The van der Waals surface area contributed by atoms with Crippen molar-refractivity contribution in [3.05, 3.63) is 52.6 Å². The molecule has 2 aromatic rings. The standard InChI is InChI=1S/C20H24O4/c1-12(2)16-11-15(7-8-18(16)22-5)24-19-14(4)9-13(3)10-17(19)20(21)23-6/h7-12H,1-6H3. The fourth-order valence-electron chi connectivity index (χ4n) is 2.70. The zero-order chi connectivity index (χ0) is 17.9. The molecule has 2 aromatic carbocycles. The van der Waals surface area contributed by atoms with Gasteiger partial charge in [0.05, 0.1) is 14.2 Å². The number of benzene rings is 2. The smallest absolute Gasteiger partial charge is 0.341 e. The van der Waals surface area contributed by atoms with E-state index in [1.165, 1.54) is 7.11 Å². The van der Waals surface area contributed by atoms with Gasteiger partial charge in [0.25, 0.3) is 0 Å². The maximum atomic E-state index is 12.1. The first kappa shape index (κ1) is 17.9. The van der Waals surface area contributed by atoms with Gasteiger partial charge in [0.2, 0.25) is 0 Å². The number of hydrogen-bond donors (Lipinski definition) is 0. The van der Waals surface area contributed by atoms with Crippen molar-refractivity contribution >= 4 is 5.97 Å². The molecular weight excluding hydrogens is 304 g/mol. The zero-order valence-electron chi connectivity index (χ0n) is 15.1. The maximum Gasteiger partial charge on any atom is 0.341 e. The van der Waals surface area contributed by atoms with Gasteiger partial charge in [0.15, 0.2) is 0 Å². The molecule has 0 N–H and O–H groups in total. The molecule has 4 nitrogen and oxygen atoms in total. The Balaban J connectivity index is 2.48. The van der Waals surface area contributed by atoms with Crippen LogP contribution >= 0.6 is 0 Å². The predicted molar refractivity (Wildman–Crippen MR) is 94.4 cm³/mol. The summed E-state index contributed by atoms with van der Waals surface area (Å²) in [6, 6.07) is 9.43. The average molecular weight is 328 g/mol. The van der Waals surface area contributed by atoms with Crippen molar-refractivity contribution < 1.29 is 19.0 Å². The molecular formula is C20H24O4. The minimum absolute atomic E-state index is 0.294. The van der Waals surface area contributed by atoms with E-state index in [1.807, 2.05) is 38.1 Å². The molecule has 0 heterocycles. The summed E-state index contributed by atoms with van der Waals surface area (Å²) >= 11 is 0. The van der Waals surface area contributed by atoms with Crippen LogP contribution in [0.3, 0.4) is 0 Å². The van der Waals surface area contributed by atoms with Gasteiger partial charge >= 0.3 is 5.97 Å². The predicted octanol–water partition coefficient (Wildman–Crippen LogP) is 5.01. The van der Waals surface area contributed by atoms with E-state index in [0.29, 0.717) is 23.0 Å². The lowest BCUT2D eigenvalue weighted by molar-refractivity contribution is 0.0597. The Hall–Kier alpha value is -2.49. The number of hydrogen-bond acceptors (Lipinski definition) is 4. The molecule has 0 aliphatic rings. The molecule has 0 bridgehead atoms. The minimum Gasteiger partial charge on any atom is -0.496 e. The van der Waals surface area contributed by atoms with E-state index in [-0.39, 0.29) is 0 Å². The molecule has 0 aliphatic carbocycles. The number of esters is 1. The highest BCUT2D eigenvalue weighted by Gasteiger charge is 2.18. The number of ether oxygens (including phenoxy) is 3. The van der Waals surface area contributed by atoms with Crippen LogP contribution < -0.4 is 9.47 Å². The quantitative estimate of drug-likeness (QED) is 0.723. The van der Waals surface area contributed by atoms with Crippen LogP contribution in [0.4, 0.5) is 0 Å². The molecule has 0 unspecified atom stereocenters. The van der Waals surface area contributed by atoms with Crippen molar-refractivity contribution in [2.24, 2.45) is 0 Å². The number of aryl methyl sites for hydroxylation is 2. The highest BCUT2D eigenvalue weighted by atomic mass is 16.5. The fraction of sp³-hybridized carbons (Fsp3) is 0.350. The molecule has 0 saturated carbocycles. The third-order valence-electron chi connectivity index (χ3n) is 3.87. The Kier molecular flexibility index (Phi) is 5.50. The maximum absolute atomic E-state index is 12.1. The van der Waals surface area contributed by atoms with Crippen LogP contribution in [0.2, 0.25) is 0 Å². The van der Waals surface area contributed by atoms with Gasteiger partial charge in [-0.05, 0) is 55.2 Å². The van der Waals surface area contributed by atoms with Crippen molar-refractivity contribution in [1.82, 2.24) is 0 Å². The SMILES string of the molecule is COC(=O)c1cc(C)cc(C)c1Oc1ccc(OC)c(C(C)C)c1. The molecule has 4 heteroatoms. The summed E-state index contributed by atoms with van der Waals surface area (Å²) in [4.78, 5) is 12.1. The van der Waals surface area contributed by atoms with Crippen molar-refractivity contribution in [3.8, 4) is 17.2 Å². The molecule has 0 fully saturated rings. The van der Waals surface area contributed by atoms with Gasteiger partial charge in [-0.2, -0.15) is 0 Å². The molecule has 24 heavy (non-hydrogen) atoms. The lowest BCUT2D eigenvalue weighted by Crippen LogP contribution is -2.06. The lowest BCUT2D eigenvalue weighted by atomic mass is 10.0. The molecule has 0 aromatic heterocycles. The van der Waals surface area contributed by atoms with Crippen LogP contribution in [0.5, 0.6) is 17.2 Å². The molecule has 0 radical (unpaired) electrons. The van der Waals surface area contributed by atoms with E-state index in [2.05, 4.69) is 13.8 Å². The summed E-state index contributed by atoms with van der Waals surface area (Å²) in [7, 11) is 3.02. The molecule has 0 amide bonds. The van der Waals surface area contributed by atoms with Gasteiger partial charge in [-0.15, -0.1) is 0 Å². The number of methoxy groups -OCH3 is 2. The van der Waals surface area contributed by atoms with Crippen LogP contribution in [0.25, 0.3) is 0 Å². The Bertz CT molecular complexity index is 748. The molecule has 0 atom stereocenters. The van der Waals surface area contributed by atoms with Crippen molar-refractivity contribution in [2.75, 3.05) is 14.2 Å². The normalized spacial score (nSPS) is 10.6. The molecule has 0 aliphatic heterocycles. The van der Waals surface area contributed by atoms with E-state index in [4.69, 9.17) is 14.2 Å². The first-order valence-electron chi connectivity index (χ1n) is 7.92. The van der Waals surface area contributed by atoms with Gasteiger partial charge in [0.1, 0.15) is 22.8 Å². The van der Waals surface area contributed by atoms with Crippen molar-refractivity contribution in [2.45, 2.75) is 33.6 Å². The number of rotatable bonds is 5. The largest absolute Gasteiger partial charge is 0.496 e. The number of carbonyl (C=O) groups is 1. The zero-order valence-corrected chi connectivity index (χ0v) is 15.1. The first-order valence-corrected chi connectivity index (χ1v) is 7.92. The average Bonchev–Trinajstić information content (AvgIpc) is 2.56. The lowest BCUT2D eigenvalue weighted by Gasteiger charge is -2.17. The third kappa shape index (κ3) is 3.70. The van der Waals surface area contributed by atoms with E-state index >= 15 is 0 Å². The summed E-state index contributed by atoms with van der Waals surface area (Å²) in [6.07, 6.45) is 0. The summed E-state index contributed by atoms with van der Waals surface area (Å²) in [5, 5.41) is 0. The minimum atomic E-state index is -0.408. The second-order valence-corrected chi connectivity index (χ2v) is 6.11. The van der Waals surface area contributed by atoms with Gasteiger partial charge in [-0.1, -0.05) is 19.9 Å². The Morgan fingerprint density at radius 1 is 1.04 bits per heavy atom. The van der Waals surface area contributed by atoms with Gasteiger partial charge in [-0.3, -0.25) is 0 Å². The fourth-order valence-corrected chi connectivity index (χ4v) is 2.70. The molecule has 0 spiro atoms. The van der Waals surface area contributed by atoms with Crippen LogP contribution in [-0.2, 0) is 4.74 Å². The highest BCUT2D eigenvalue weighted by Crippen LogP contribution is 2.35. The highest BCUT2D eigenvalue weighted by molar-refractivity contribution is 5.93. The van der Waals surface area contributed by atoms with Crippen molar-refractivity contribution in [3.63, 3.8) is 0 Å². The van der Waals surface area contributed by atoms with Crippen LogP contribution in [0.1, 0.15) is 46.8 Å². The molecule has 2 rings (SSSR count).